The molecule has 3 rings (SSSR count). The molecule has 3 aromatic rings. The number of anilines is 1. The van der Waals surface area contributed by atoms with Gasteiger partial charge in [-0.25, -0.2) is 0 Å². The predicted molar refractivity (Wildman–Crippen MR) is 103 cm³/mol. The molecule has 0 saturated carbocycles. The molecule has 0 aliphatic heterocycles. The number of halogens is 3. The molecule has 26 heavy (non-hydrogen) atoms. The first-order chi connectivity index (χ1) is 12.2. The van der Waals surface area contributed by atoms with Crippen LogP contribution in [0, 0.1) is 0 Å². The second kappa shape index (κ2) is 6.99. The highest BCUT2D eigenvalue weighted by Crippen LogP contribution is 2.33. The zero-order chi connectivity index (χ0) is 18.9. The molecule has 0 fully saturated rings. The van der Waals surface area contributed by atoms with Crippen molar-refractivity contribution in [2.75, 3.05) is 5.73 Å². The number of hydrogen-bond acceptors (Lipinski definition) is 2. The van der Waals surface area contributed by atoms with Gasteiger partial charge in [0.2, 0.25) is 0 Å². The Morgan fingerprint density at radius 2 is 1.88 bits per heavy atom. The molecule has 136 valence electrons. The van der Waals surface area contributed by atoms with Crippen molar-refractivity contribution in [3.8, 4) is 11.1 Å². The minimum atomic E-state index is -4.16. The van der Waals surface area contributed by atoms with Gasteiger partial charge in [-0.1, -0.05) is 36.5 Å². The Balaban J connectivity index is 2.03. The van der Waals surface area contributed by atoms with E-state index in [1.807, 2.05) is 41.1 Å². The van der Waals surface area contributed by atoms with E-state index in [1.54, 1.807) is 12.1 Å². The lowest BCUT2D eigenvalue weighted by Crippen LogP contribution is -2.09. The Kier molecular flexibility index (Phi) is 4.91. The third kappa shape index (κ3) is 3.99. The first-order valence-corrected chi connectivity index (χ1v) is 8.51. The number of nitrogens with two attached hydrogens (primary N) is 2. The summed E-state index contributed by atoms with van der Waals surface area (Å²) in [7, 11) is 0. The molecule has 7 heteroatoms. The molecule has 0 aliphatic rings. The van der Waals surface area contributed by atoms with Crippen LogP contribution < -0.4 is 11.5 Å². The second-order valence-electron chi connectivity index (χ2n) is 6.18. The monoisotopic (exact) mass is 377 g/mol. The van der Waals surface area contributed by atoms with Crippen molar-refractivity contribution in [3.05, 3.63) is 54.2 Å². The lowest BCUT2D eigenvalue weighted by Gasteiger charge is -2.08. The van der Waals surface area contributed by atoms with E-state index in [0.717, 1.165) is 27.6 Å². The first kappa shape index (κ1) is 18.3. The van der Waals surface area contributed by atoms with E-state index < -0.39 is 12.6 Å². The van der Waals surface area contributed by atoms with Crippen molar-refractivity contribution >= 4 is 33.8 Å². The molecule has 0 unspecified atom stereocenters. The standard InChI is InChI=1S/C19H18F3N3S/c20-19(21,22)7-2-8-25-11-16(15-6-5-14(23)10-17(15)25)12-3-1-4-13(9-12)18(24)26/h1,3-6,9-11H,2,7-8,23H2,(H2,24,26). The summed E-state index contributed by atoms with van der Waals surface area (Å²) in [6.07, 6.45) is -3.11. The Morgan fingerprint density at radius 3 is 2.58 bits per heavy atom. The fourth-order valence-electron chi connectivity index (χ4n) is 3.01. The summed E-state index contributed by atoms with van der Waals surface area (Å²) in [5.74, 6) is 0. The van der Waals surface area contributed by atoms with E-state index in [9.17, 15) is 13.2 Å². The second-order valence-corrected chi connectivity index (χ2v) is 6.62. The highest BCUT2D eigenvalue weighted by Gasteiger charge is 2.26. The predicted octanol–water partition coefficient (Wildman–Crippen LogP) is 4.87. The largest absolute Gasteiger partial charge is 0.399 e. The molecule has 0 spiro atoms. The zero-order valence-electron chi connectivity index (χ0n) is 13.9. The molecule has 3 nitrogen and oxygen atoms in total. The molecule has 0 atom stereocenters. The van der Waals surface area contributed by atoms with Gasteiger partial charge in [0.1, 0.15) is 4.99 Å². The normalized spacial score (nSPS) is 11.8. The van der Waals surface area contributed by atoms with Crippen molar-refractivity contribution in [1.29, 1.82) is 0 Å². The number of thiocarbonyl (C=S) groups is 1. The van der Waals surface area contributed by atoms with Crippen molar-refractivity contribution in [2.45, 2.75) is 25.6 Å². The summed E-state index contributed by atoms with van der Waals surface area (Å²) in [5, 5.41) is 0.922. The number of hydrogen-bond donors (Lipinski definition) is 2. The van der Waals surface area contributed by atoms with Crippen LogP contribution in [0.3, 0.4) is 0 Å². The van der Waals surface area contributed by atoms with E-state index in [4.69, 9.17) is 23.7 Å². The Bertz CT molecular complexity index is 960. The molecule has 0 aliphatic carbocycles. The van der Waals surface area contributed by atoms with E-state index in [1.165, 1.54) is 0 Å². The molecule has 0 amide bonds. The van der Waals surface area contributed by atoms with Crippen LogP contribution in [0.4, 0.5) is 18.9 Å². The van der Waals surface area contributed by atoms with Crippen molar-refractivity contribution < 1.29 is 13.2 Å². The van der Waals surface area contributed by atoms with Crippen LogP contribution >= 0.6 is 12.2 Å². The number of benzene rings is 2. The Morgan fingerprint density at radius 1 is 1.12 bits per heavy atom. The number of nitrogen functional groups attached to an aromatic ring is 1. The van der Waals surface area contributed by atoms with Crippen LogP contribution in [-0.4, -0.2) is 15.7 Å². The molecule has 0 radical (unpaired) electrons. The van der Waals surface area contributed by atoms with Gasteiger partial charge in [-0.2, -0.15) is 13.2 Å². The van der Waals surface area contributed by atoms with E-state index in [2.05, 4.69) is 0 Å². The number of alkyl halides is 3. The zero-order valence-corrected chi connectivity index (χ0v) is 14.7. The molecule has 2 aromatic carbocycles. The Labute approximate surface area is 154 Å². The SMILES string of the molecule is NC(=S)c1cccc(-c2cn(CCCC(F)(F)F)c3cc(N)ccc23)c1. The highest BCUT2D eigenvalue weighted by atomic mass is 32.1. The number of aryl methyl sites for hydroxylation is 1. The molecular weight excluding hydrogens is 359 g/mol. The van der Waals surface area contributed by atoms with Crippen LogP contribution in [0.5, 0.6) is 0 Å². The third-order valence-corrected chi connectivity index (χ3v) is 4.46. The summed E-state index contributed by atoms with van der Waals surface area (Å²) < 4.78 is 39.2. The van der Waals surface area contributed by atoms with Gasteiger partial charge in [-0.05, 0) is 30.2 Å². The molecule has 1 heterocycles. The number of rotatable bonds is 5. The Hall–Kier alpha value is -2.54. The number of aromatic nitrogens is 1. The van der Waals surface area contributed by atoms with Gasteiger partial charge in [0.05, 0.1) is 5.52 Å². The maximum Gasteiger partial charge on any atom is 0.389 e. The first-order valence-electron chi connectivity index (χ1n) is 8.10. The van der Waals surface area contributed by atoms with Gasteiger partial charge in [-0.15, -0.1) is 0 Å². The lowest BCUT2D eigenvalue weighted by molar-refractivity contribution is -0.135. The van der Waals surface area contributed by atoms with Crippen LogP contribution in [0.25, 0.3) is 22.0 Å². The van der Waals surface area contributed by atoms with Crippen molar-refractivity contribution in [3.63, 3.8) is 0 Å². The van der Waals surface area contributed by atoms with Crippen LogP contribution in [0.1, 0.15) is 18.4 Å². The van der Waals surface area contributed by atoms with Gasteiger partial charge < -0.3 is 16.0 Å². The molecule has 0 saturated heterocycles. The average Bonchev–Trinajstić information content (AvgIpc) is 2.92. The van der Waals surface area contributed by atoms with Gasteiger partial charge >= 0.3 is 6.18 Å². The topological polar surface area (TPSA) is 57.0 Å². The summed E-state index contributed by atoms with van der Waals surface area (Å²) in [6.45, 7) is 0.258. The van der Waals surface area contributed by atoms with Gasteiger partial charge in [0.15, 0.2) is 0 Å². The lowest BCUT2D eigenvalue weighted by atomic mass is 10.0. The van der Waals surface area contributed by atoms with Crippen molar-refractivity contribution in [2.24, 2.45) is 5.73 Å². The average molecular weight is 377 g/mol. The molecule has 4 N–H and O–H groups in total. The minimum absolute atomic E-state index is 0.00838. The van der Waals surface area contributed by atoms with E-state index in [-0.39, 0.29) is 13.0 Å². The van der Waals surface area contributed by atoms with E-state index >= 15 is 0 Å². The highest BCUT2D eigenvalue weighted by molar-refractivity contribution is 7.80. The van der Waals surface area contributed by atoms with Gasteiger partial charge in [-0.3, -0.25) is 0 Å². The van der Waals surface area contributed by atoms with Gasteiger partial charge in [0, 0.05) is 41.4 Å². The maximum atomic E-state index is 12.5. The van der Waals surface area contributed by atoms with Gasteiger partial charge in [0.25, 0.3) is 0 Å². The van der Waals surface area contributed by atoms with Crippen molar-refractivity contribution in [1.82, 2.24) is 4.57 Å². The quantitative estimate of drug-likeness (QED) is 0.493. The number of fused-ring (bicyclic) bond motifs is 1. The number of nitrogens with zero attached hydrogens (tertiary/aromatic N) is 1. The fourth-order valence-corrected chi connectivity index (χ4v) is 3.14. The summed E-state index contributed by atoms with van der Waals surface area (Å²) in [6, 6.07) is 12.9. The molecular formula is C19H18F3N3S. The maximum absolute atomic E-state index is 12.5. The molecule has 1 aromatic heterocycles. The smallest absolute Gasteiger partial charge is 0.389 e. The van der Waals surface area contributed by atoms with E-state index in [0.29, 0.717) is 10.7 Å². The summed E-state index contributed by atoms with van der Waals surface area (Å²) in [5.41, 5.74) is 15.5. The van der Waals surface area contributed by atoms with Crippen LogP contribution in [0.15, 0.2) is 48.7 Å². The minimum Gasteiger partial charge on any atom is -0.399 e. The van der Waals surface area contributed by atoms with Crippen LogP contribution in [-0.2, 0) is 6.54 Å². The third-order valence-electron chi connectivity index (χ3n) is 4.22. The fraction of sp³-hybridized carbons (Fsp3) is 0.211. The summed E-state index contributed by atoms with van der Waals surface area (Å²) >= 11 is 5.03. The molecule has 0 bridgehead atoms. The van der Waals surface area contributed by atoms with Crippen LogP contribution in [0.2, 0.25) is 0 Å². The summed E-state index contributed by atoms with van der Waals surface area (Å²) in [4.78, 5) is 0.296.